The van der Waals surface area contributed by atoms with Crippen LogP contribution in [0.5, 0.6) is 0 Å². The molecule has 0 aromatic carbocycles. The van der Waals surface area contributed by atoms with E-state index in [1.165, 1.54) is 0 Å². The summed E-state index contributed by atoms with van der Waals surface area (Å²) in [6.07, 6.45) is 2.10. The molecular formula is C15H26N2O3S. The Balaban J connectivity index is 2.12. The smallest absolute Gasteiger partial charge is 0.306 e. The Hall–Kier alpha value is -1.14. The average Bonchev–Trinajstić information content (AvgIpc) is 2.88. The van der Waals surface area contributed by atoms with E-state index >= 15 is 0 Å². The van der Waals surface area contributed by atoms with E-state index in [4.69, 9.17) is 9.47 Å². The second-order valence-electron chi connectivity index (χ2n) is 5.17. The molecule has 0 aliphatic heterocycles. The molecule has 0 spiro atoms. The molecule has 1 N–H and O–H groups in total. The molecule has 5 nitrogen and oxygen atoms in total. The van der Waals surface area contributed by atoms with Crippen LogP contribution >= 0.6 is 11.3 Å². The molecule has 0 aliphatic carbocycles. The summed E-state index contributed by atoms with van der Waals surface area (Å²) in [6, 6.07) is 0. The first kappa shape index (κ1) is 17.9. The lowest BCUT2D eigenvalue weighted by atomic mass is 10.1. The van der Waals surface area contributed by atoms with Crippen LogP contribution in [0.1, 0.15) is 39.3 Å². The number of nitrogens with one attached hydrogen (secondary N) is 1. The Bertz CT molecular complexity index is 407. The predicted molar refractivity (Wildman–Crippen MR) is 85.8 cm³/mol. The van der Waals surface area contributed by atoms with Gasteiger partial charge in [0.15, 0.2) is 5.13 Å². The van der Waals surface area contributed by atoms with Crippen LogP contribution in [0.2, 0.25) is 0 Å². The molecule has 120 valence electrons. The van der Waals surface area contributed by atoms with E-state index in [2.05, 4.69) is 24.1 Å². The molecule has 1 rings (SSSR count). The zero-order valence-electron chi connectivity index (χ0n) is 13.2. The number of esters is 1. The molecular weight excluding hydrogens is 288 g/mol. The van der Waals surface area contributed by atoms with Crippen molar-refractivity contribution in [1.29, 1.82) is 0 Å². The molecule has 1 aromatic rings. The second-order valence-corrected chi connectivity index (χ2v) is 6.03. The molecule has 0 atom stereocenters. The van der Waals surface area contributed by atoms with Crippen LogP contribution in [-0.2, 0) is 20.7 Å². The van der Waals surface area contributed by atoms with Crippen molar-refractivity contribution in [2.24, 2.45) is 5.92 Å². The normalized spacial score (nSPS) is 10.9. The number of thiazole rings is 1. The van der Waals surface area contributed by atoms with Gasteiger partial charge in [-0.2, -0.15) is 0 Å². The fraction of sp³-hybridized carbons (Fsp3) is 0.733. The summed E-state index contributed by atoms with van der Waals surface area (Å²) in [6.45, 7) is 8.87. The van der Waals surface area contributed by atoms with Crippen molar-refractivity contribution in [3.8, 4) is 0 Å². The van der Waals surface area contributed by atoms with E-state index in [9.17, 15) is 4.79 Å². The van der Waals surface area contributed by atoms with Gasteiger partial charge in [0, 0.05) is 25.0 Å². The van der Waals surface area contributed by atoms with Gasteiger partial charge in [0.25, 0.3) is 0 Å². The predicted octanol–water partition coefficient (Wildman–Crippen LogP) is 3.11. The fourth-order valence-electron chi connectivity index (χ4n) is 1.62. The van der Waals surface area contributed by atoms with Gasteiger partial charge in [0.2, 0.25) is 0 Å². The Morgan fingerprint density at radius 3 is 2.95 bits per heavy atom. The van der Waals surface area contributed by atoms with Gasteiger partial charge in [-0.3, -0.25) is 4.79 Å². The van der Waals surface area contributed by atoms with Crippen LogP contribution < -0.4 is 5.32 Å². The average molecular weight is 314 g/mol. The topological polar surface area (TPSA) is 60.5 Å². The molecule has 0 fully saturated rings. The van der Waals surface area contributed by atoms with Gasteiger partial charge in [0.1, 0.15) is 0 Å². The maximum absolute atomic E-state index is 11.3. The summed E-state index contributed by atoms with van der Waals surface area (Å²) in [7, 11) is 0. The number of ether oxygens (including phenoxy) is 2. The van der Waals surface area contributed by atoms with Crippen molar-refractivity contribution in [2.75, 3.05) is 31.7 Å². The quantitative estimate of drug-likeness (QED) is 0.502. The maximum Gasteiger partial charge on any atom is 0.306 e. The van der Waals surface area contributed by atoms with Gasteiger partial charge in [-0.15, -0.1) is 11.3 Å². The number of carbonyl (C=O) groups excluding carboxylic acids is 1. The van der Waals surface area contributed by atoms with Crippen molar-refractivity contribution in [3.05, 3.63) is 11.1 Å². The van der Waals surface area contributed by atoms with Crippen molar-refractivity contribution in [1.82, 2.24) is 4.98 Å². The van der Waals surface area contributed by atoms with E-state index in [0.717, 1.165) is 30.4 Å². The first-order valence-corrected chi connectivity index (χ1v) is 8.41. The van der Waals surface area contributed by atoms with Gasteiger partial charge in [-0.25, -0.2) is 4.98 Å². The zero-order valence-corrected chi connectivity index (χ0v) is 14.0. The Morgan fingerprint density at radius 2 is 2.24 bits per heavy atom. The molecule has 0 unspecified atom stereocenters. The lowest BCUT2D eigenvalue weighted by molar-refractivity contribution is -0.143. The Morgan fingerprint density at radius 1 is 1.43 bits per heavy atom. The van der Waals surface area contributed by atoms with Gasteiger partial charge >= 0.3 is 5.97 Å². The number of carbonyl (C=O) groups is 1. The lowest BCUT2D eigenvalue weighted by Gasteiger charge is -2.06. The molecule has 21 heavy (non-hydrogen) atoms. The molecule has 0 saturated heterocycles. The summed E-state index contributed by atoms with van der Waals surface area (Å²) in [4.78, 5) is 15.7. The molecule has 0 aliphatic rings. The van der Waals surface area contributed by atoms with Crippen LogP contribution in [-0.4, -0.2) is 37.3 Å². The monoisotopic (exact) mass is 314 g/mol. The van der Waals surface area contributed by atoms with Crippen molar-refractivity contribution in [2.45, 2.75) is 40.0 Å². The third-order valence-corrected chi connectivity index (χ3v) is 3.65. The van der Waals surface area contributed by atoms with Crippen molar-refractivity contribution < 1.29 is 14.3 Å². The minimum Gasteiger partial charge on any atom is -0.466 e. The van der Waals surface area contributed by atoms with E-state index in [1.54, 1.807) is 11.3 Å². The van der Waals surface area contributed by atoms with Crippen LogP contribution in [0.15, 0.2) is 5.38 Å². The number of aryl methyl sites for hydroxylation is 1. The summed E-state index contributed by atoms with van der Waals surface area (Å²) in [5.41, 5.74) is 0.927. The highest BCUT2D eigenvalue weighted by atomic mass is 32.1. The molecule has 1 aromatic heterocycles. The first-order chi connectivity index (χ1) is 10.1. The highest BCUT2D eigenvalue weighted by Crippen LogP contribution is 2.16. The third-order valence-electron chi connectivity index (χ3n) is 2.80. The highest BCUT2D eigenvalue weighted by molar-refractivity contribution is 7.13. The van der Waals surface area contributed by atoms with Gasteiger partial charge in [-0.1, -0.05) is 13.8 Å². The number of rotatable bonds is 11. The molecule has 0 saturated carbocycles. The molecule has 6 heteroatoms. The minimum atomic E-state index is -0.168. The van der Waals surface area contributed by atoms with E-state index in [0.29, 0.717) is 32.0 Å². The van der Waals surface area contributed by atoms with E-state index < -0.39 is 0 Å². The van der Waals surface area contributed by atoms with Crippen molar-refractivity contribution in [3.63, 3.8) is 0 Å². The largest absolute Gasteiger partial charge is 0.466 e. The summed E-state index contributed by atoms with van der Waals surface area (Å²) < 4.78 is 10.4. The van der Waals surface area contributed by atoms with Crippen LogP contribution in [0, 0.1) is 5.92 Å². The number of aromatic nitrogens is 1. The van der Waals surface area contributed by atoms with Gasteiger partial charge in [-0.05, 0) is 19.3 Å². The highest BCUT2D eigenvalue weighted by Gasteiger charge is 2.06. The summed E-state index contributed by atoms with van der Waals surface area (Å²) in [5.74, 6) is 0.512. The third kappa shape index (κ3) is 8.67. The zero-order chi connectivity index (χ0) is 15.5. The van der Waals surface area contributed by atoms with Crippen LogP contribution in [0.3, 0.4) is 0 Å². The number of hydrogen-bond acceptors (Lipinski definition) is 6. The lowest BCUT2D eigenvalue weighted by Crippen LogP contribution is -2.10. The number of anilines is 1. The Labute approximate surface area is 131 Å². The molecule has 0 radical (unpaired) electrons. The van der Waals surface area contributed by atoms with E-state index in [-0.39, 0.29) is 5.97 Å². The standard InChI is InChI=1S/C15H26N2O3S/c1-4-20-14(18)6-5-13-11-21-15(17-13)16-8-10-19-9-7-12(2)3/h11-12H,4-10H2,1-3H3,(H,16,17). The van der Waals surface area contributed by atoms with Gasteiger partial charge < -0.3 is 14.8 Å². The molecule has 0 amide bonds. The van der Waals surface area contributed by atoms with Crippen molar-refractivity contribution >= 4 is 22.4 Å². The van der Waals surface area contributed by atoms with E-state index in [1.807, 2.05) is 12.3 Å². The first-order valence-electron chi connectivity index (χ1n) is 7.53. The second kappa shape index (κ2) is 10.6. The van der Waals surface area contributed by atoms with Crippen LogP contribution in [0.4, 0.5) is 5.13 Å². The minimum absolute atomic E-state index is 0.168. The molecule has 0 bridgehead atoms. The number of nitrogens with zero attached hydrogens (tertiary/aromatic N) is 1. The maximum atomic E-state index is 11.3. The Kier molecular flexibility index (Phi) is 9.01. The molecule has 1 heterocycles. The number of hydrogen-bond donors (Lipinski definition) is 1. The summed E-state index contributed by atoms with van der Waals surface area (Å²) in [5, 5.41) is 6.08. The van der Waals surface area contributed by atoms with Gasteiger partial charge in [0.05, 0.1) is 25.3 Å². The van der Waals surface area contributed by atoms with Crippen LogP contribution in [0.25, 0.3) is 0 Å². The SMILES string of the molecule is CCOC(=O)CCc1csc(NCCOCCC(C)C)n1. The summed E-state index contributed by atoms with van der Waals surface area (Å²) >= 11 is 1.55. The fourth-order valence-corrected chi connectivity index (χ4v) is 2.39.